The minimum absolute atomic E-state index is 0.151. The van der Waals surface area contributed by atoms with Gasteiger partial charge >= 0.3 is 0 Å². The maximum atomic E-state index is 6.31. The average Bonchev–Trinajstić information content (AvgIpc) is 2.85. The van der Waals surface area contributed by atoms with E-state index in [0.717, 1.165) is 59.7 Å². The predicted molar refractivity (Wildman–Crippen MR) is 108 cm³/mol. The van der Waals surface area contributed by atoms with Crippen LogP contribution in [0.2, 0.25) is 0 Å². The number of hydrogen-bond acceptors (Lipinski definition) is 4. The van der Waals surface area contributed by atoms with Gasteiger partial charge in [0.25, 0.3) is 0 Å². The monoisotopic (exact) mass is 362 g/mol. The summed E-state index contributed by atoms with van der Waals surface area (Å²) in [5.74, 6) is 1.64. The number of aromatic nitrogens is 1. The number of rotatable bonds is 4. The number of hydrogen-bond donors (Lipinski definition) is 0. The Morgan fingerprint density at radius 1 is 1.19 bits per heavy atom. The van der Waals surface area contributed by atoms with Crippen molar-refractivity contribution in [3.8, 4) is 11.6 Å². The standard InChI is InChI=1S/C23H26N2O2/c1-4-20-15-25(13-17-8-6-5-7-9-17)14-19-11-18-12-21(26-3)10-16(2)22(18)24-23(19)27-20/h5-12,20H,4,13-15H2,1-3H3/t20-/m0/s1. The van der Waals surface area contributed by atoms with Crippen LogP contribution in [0, 0.1) is 6.92 Å². The topological polar surface area (TPSA) is 34.6 Å². The van der Waals surface area contributed by atoms with E-state index in [0.29, 0.717) is 0 Å². The molecule has 1 aliphatic rings. The molecule has 0 amide bonds. The molecule has 0 saturated heterocycles. The van der Waals surface area contributed by atoms with Crippen LogP contribution in [-0.2, 0) is 13.1 Å². The van der Waals surface area contributed by atoms with Crippen LogP contribution in [0.3, 0.4) is 0 Å². The molecule has 0 aliphatic carbocycles. The summed E-state index contributed by atoms with van der Waals surface area (Å²) in [6.07, 6.45) is 1.12. The Kier molecular flexibility index (Phi) is 4.99. The highest BCUT2D eigenvalue weighted by molar-refractivity contribution is 5.84. The van der Waals surface area contributed by atoms with Crippen LogP contribution in [0.4, 0.5) is 0 Å². The van der Waals surface area contributed by atoms with Crippen molar-refractivity contribution in [2.24, 2.45) is 0 Å². The second-order valence-electron chi connectivity index (χ2n) is 7.27. The van der Waals surface area contributed by atoms with Gasteiger partial charge < -0.3 is 9.47 Å². The van der Waals surface area contributed by atoms with Gasteiger partial charge in [0.2, 0.25) is 5.88 Å². The van der Waals surface area contributed by atoms with Crippen molar-refractivity contribution >= 4 is 10.9 Å². The summed E-state index contributed by atoms with van der Waals surface area (Å²) in [6, 6.07) is 16.9. The molecule has 1 atom stereocenters. The number of aryl methyl sites for hydroxylation is 1. The maximum absolute atomic E-state index is 6.31. The van der Waals surface area contributed by atoms with Crippen LogP contribution >= 0.6 is 0 Å². The van der Waals surface area contributed by atoms with Gasteiger partial charge in [0.1, 0.15) is 11.9 Å². The number of benzene rings is 2. The first-order valence-corrected chi connectivity index (χ1v) is 9.57. The second-order valence-corrected chi connectivity index (χ2v) is 7.27. The van der Waals surface area contributed by atoms with E-state index in [2.05, 4.69) is 61.2 Å². The molecular weight excluding hydrogens is 336 g/mol. The van der Waals surface area contributed by atoms with Crippen LogP contribution in [-0.4, -0.2) is 29.6 Å². The zero-order valence-electron chi connectivity index (χ0n) is 16.2. The highest BCUT2D eigenvalue weighted by Crippen LogP contribution is 2.32. The van der Waals surface area contributed by atoms with Gasteiger partial charge in [-0.05, 0) is 42.7 Å². The molecule has 2 heterocycles. The first-order valence-electron chi connectivity index (χ1n) is 9.57. The first kappa shape index (κ1) is 17.8. The summed E-state index contributed by atoms with van der Waals surface area (Å²) >= 11 is 0. The molecular formula is C23H26N2O2. The van der Waals surface area contributed by atoms with E-state index < -0.39 is 0 Å². The number of nitrogens with zero attached hydrogens (tertiary/aromatic N) is 2. The molecule has 0 bridgehead atoms. The van der Waals surface area contributed by atoms with E-state index >= 15 is 0 Å². The lowest BCUT2D eigenvalue weighted by molar-refractivity contribution is 0.136. The SMILES string of the molecule is CC[C@H]1CN(Cc2ccccc2)Cc2cc3cc(OC)cc(C)c3nc2O1. The fraction of sp³-hybridized carbons (Fsp3) is 0.348. The number of pyridine rings is 1. The Hall–Kier alpha value is -2.59. The zero-order chi connectivity index (χ0) is 18.8. The molecule has 0 spiro atoms. The summed E-state index contributed by atoms with van der Waals surface area (Å²) in [7, 11) is 1.70. The van der Waals surface area contributed by atoms with Gasteiger partial charge in [0, 0.05) is 30.6 Å². The molecule has 0 radical (unpaired) electrons. The summed E-state index contributed by atoms with van der Waals surface area (Å²) in [4.78, 5) is 7.34. The minimum Gasteiger partial charge on any atom is -0.497 e. The quantitative estimate of drug-likeness (QED) is 0.672. The molecule has 3 aromatic rings. The van der Waals surface area contributed by atoms with E-state index in [-0.39, 0.29) is 6.10 Å². The highest BCUT2D eigenvalue weighted by Gasteiger charge is 2.24. The molecule has 140 valence electrons. The Balaban J connectivity index is 1.73. The molecule has 1 aliphatic heterocycles. The van der Waals surface area contributed by atoms with Crippen molar-refractivity contribution in [3.05, 3.63) is 65.2 Å². The van der Waals surface area contributed by atoms with E-state index in [9.17, 15) is 0 Å². The van der Waals surface area contributed by atoms with E-state index in [4.69, 9.17) is 14.5 Å². The Labute approximate surface area is 160 Å². The molecule has 0 N–H and O–H groups in total. The van der Waals surface area contributed by atoms with Crippen molar-refractivity contribution in [1.29, 1.82) is 0 Å². The Bertz CT molecular complexity index is 940. The maximum Gasteiger partial charge on any atom is 0.218 e. The third-order valence-electron chi connectivity index (χ3n) is 5.20. The largest absolute Gasteiger partial charge is 0.497 e. The van der Waals surface area contributed by atoms with Crippen molar-refractivity contribution < 1.29 is 9.47 Å². The van der Waals surface area contributed by atoms with Gasteiger partial charge in [-0.15, -0.1) is 0 Å². The lowest BCUT2D eigenvalue weighted by Crippen LogP contribution is -2.32. The molecule has 4 heteroatoms. The lowest BCUT2D eigenvalue weighted by atomic mass is 10.1. The third kappa shape index (κ3) is 3.76. The van der Waals surface area contributed by atoms with Crippen molar-refractivity contribution in [3.63, 3.8) is 0 Å². The molecule has 0 fully saturated rings. The molecule has 4 rings (SSSR count). The second kappa shape index (κ2) is 7.57. The summed E-state index contributed by atoms with van der Waals surface area (Å²) in [5.41, 5.74) is 4.55. The predicted octanol–water partition coefficient (Wildman–Crippen LogP) is 4.73. The van der Waals surface area contributed by atoms with E-state index in [1.807, 2.05) is 6.07 Å². The van der Waals surface area contributed by atoms with Gasteiger partial charge in [-0.3, -0.25) is 4.90 Å². The molecule has 2 aromatic carbocycles. The average molecular weight is 362 g/mol. The van der Waals surface area contributed by atoms with Crippen LogP contribution in [0.25, 0.3) is 10.9 Å². The number of fused-ring (bicyclic) bond motifs is 2. The lowest BCUT2D eigenvalue weighted by Gasteiger charge is -2.23. The van der Waals surface area contributed by atoms with Gasteiger partial charge in [-0.1, -0.05) is 37.3 Å². The van der Waals surface area contributed by atoms with Crippen LogP contribution < -0.4 is 9.47 Å². The fourth-order valence-corrected chi connectivity index (χ4v) is 3.75. The van der Waals surface area contributed by atoms with Crippen LogP contribution in [0.1, 0.15) is 30.0 Å². The van der Waals surface area contributed by atoms with Crippen molar-refractivity contribution in [1.82, 2.24) is 9.88 Å². The molecule has 27 heavy (non-hydrogen) atoms. The summed E-state index contributed by atoms with van der Waals surface area (Å²) < 4.78 is 11.7. The molecule has 0 saturated carbocycles. The van der Waals surface area contributed by atoms with Gasteiger partial charge in [-0.25, -0.2) is 4.98 Å². The fourth-order valence-electron chi connectivity index (χ4n) is 3.75. The van der Waals surface area contributed by atoms with Gasteiger partial charge in [0.05, 0.1) is 12.6 Å². The Morgan fingerprint density at radius 3 is 2.74 bits per heavy atom. The smallest absolute Gasteiger partial charge is 0.218 e. The molecule has 4 nitrogen and oxygen atoms in total. The van der Waals surface area contributed by atoms with E-state index in [1.54, 1.807) is 7.11 Å². The highest BCUT2D eigenvalue weighted by atomic mass is 16.5. The Morgan fingerprint density at radius 2 is 2.00 bits per heavy atom. The van der Waals surface area contributed by atoms with Crippen molar-refractivity contribution in [2.75, 3.05) is 13.7 Å². The van der Waals surface area contributed by atoms with Crippen LogP contribution in [0.15, 0.2) is 48.5 Å². The van der Waals surface area contributed by atoms with E-state index in [1.165, 1.54) is 5.56 Å². The summed E-state index contributed by atoms with van der Waals surface area (Å²) in [6.45, 7) is 6.89. The molecule has 1 aromatic heterocycles. The third-order valence-corrected chi connectivity index (χ3v) is 5.20. The van der Waals surface area contributed by atoms with Gasteiger partial charge in [0.15, 0.2) is 0 Å². The zero-order valence-corrected chi connectivity index (χ0v) is 16.2. The first-order chi connectivity index (χ1) is 13.2. The number of methoxy groups -OCH3 is 1. The summed E-state index contributed by atoms with van der Waals surface area (Å²) in [5, 5.41) is 1.10. The minimum atomic E-state index is 0.151. The molecule has 0 unspecified atom stereocenters. The van der Waals surface area contributed by atoms with Crippen molar-refractivity contribution in [2.45, 2.75) is 39.5 Å². The van der Waals surface area contributed by atoms with Gasteiger partial charge in [-0.2, -0.15) is 0 Å². The normalized spacial score (nSPS) is 17.2. The van der Waals surface area contributed by atoms with Crippen LogP contribution in [0.5, 0.6) is 11.6 Å². The number of ether oxygens (including phenoxy) is 2.